The number of hydrogen-bond acceptors (Lipinski definition) is 3. The molecule has 0 spiro atoms. The highest BCUT2D eigenvalue weighted by molar-refractivity contribution is 5.96. The molecule has 1 aromatic carbocycles. The van der Waals surface area contributed by atoms with E-state index in [-0.39, 0.29) is 18.1 Å². The van der Waals surface area contributed by atoms with Gasteiger partial charge < -0.3 is 15.8 Å². The van der Waals surface area contributed by atoms with E-state index in [1.807, 2.05) is 19.1 Å². The van der Waals surface area contributed by atoms with E-state index in [9.17, 15) is 4.79 Å². The second-order valence-corrected chi connectivity index (χ2v) is 4.92. The fourth-order valence-electron chi connectivity index (χ4n) is 2.43. The molecular weight excluding hydrogens is 228 g/mol. The summed E-state index contributed by atoms with van der Waals surface area (Å²) in [7, 11) is 1.72. The Balaban J connectivity index is 2.02. The number of nitrogen functional groups attached to an aromatic ring is 1. The largest absolute Gasteiger partial charge is 0.399 e. The molecule has 1 saturated carbocycles. The van der Waals surface area contributed by atoms with Gasteiger partial charge in [-0.05, 0) is 43.9 Å². The lowest BCUT2D eigenvalue weighted by molar-refractivity contribution is 0.0914. The number of nitrogens with one attached hydrogen (secondary N) is 1. The van der Waals surface area contributed by atoms with Gasteiger partial charge in [-0.15, -0.1) is 0 Å². The highest BCUT2D eigenvalue weighted by Crippen LogP contribution is 2.22. The van der Waals surface area contributed by atoms with Crippen molar-refractivity contribution in [3.63, 3.8) is 0 Å². The maximum atomic E-state index is 12.2. The second kappa shape index (κ2) is 5.40. The Morgan fingerprint density at radius 3 is 2.89 bits per heavy atom. The molecule has 4 heteroatoms. The van der Waals surface area contributed by atoms with Crippen molar-refractivity contribution in [2.24, 2.45) is 0 Å². The number of amides is 1. The van der Waals surface area contributed by atoms with Gasteiger partial charge in [-0.1, -0.05) is 6.07 Å². The fraction of sp³-hybridized carbons (Fsp3) is 0.500. The molecule has 4 nitrogen and oxygen atoms in total. The van der Waals surface area contributed by atoms with Crippen molar-refractivity contribution in [2.45, 2.75) is 38.3 Å². The van der Waals surface area contributed by atoms with Gasteiger partial charge in [-0.2, -0.15) is 0 Å². The van der Waals surface area contributed by atoms with E-state index >= 15 is 0 Å². The van der Waals surface area contributed by atoms with Gasteiger partial charge >= 0.3 is 0 Å². The molecule has 0 saturated heterocycles. The number of hydrogen-bond donors (Lipinski definition) is 2. The Labute approximate surface area is 108 Å². The van der Waals surface area contributed by atoms with E-state index in [0.717, 1.165) is 24.8 Å². The molecule has 98 valence electrons. The van der Waals surface area contributed by atoms with Crippen LogP contribution in [0.2, 0.25) is 0 Å². The summed E-state index contributed by atoms with van der Waals surface area (Å²) in [5, 5.41) is 3.05. The molecule has 18 heavy (non-hydrogen) atoms. The predicted octanol–water partition coefficient (Wildman–Crippen LogP) is 1.87. The Morgan fingerprint density at radius 2 is 2.22 bits per heavy atom. The first-order valence-corrected chi connectivity index (χ1v) is 6.30. The maximum Gasteiger partial charge on any atom is 0.251 e. The van der Waals surface area contributed by atoms with E-state index in [2.05, 4.69) is 5.32 Å². The quantitative estimate of drug-likeness (QED) is 0.803. The third-order valence-corrected chi connectivity index (χ3v) is 3.56. The van der Waals surface area contributed by atoms with E-state index in [0.29, 0.717) is 11.3 Å². The topological polar surface area (TPSA) is 64.3 Å². The van der Waals surface area contributed by atoms with Crippen LogP contribution in [-0.2, 0) is 4.74 Å². The predicted molar refractivity (Wildman–Crippen MR) is 71.5 cm³/mol. The third-order valence-electron chi connectivity index (χ3n) is 3.56. The molecular formula is C14H20N2O2. The highest BCUT2D eigenvalue weighted by Gasteiger charge is 2.26. The molecule has 0 radical (unpaired) electrons. The number of nitrogens with two attached hydrogens (primary N) is 1. The summed E-state index contributed by atoms with van der Waals surface area (Å²) in [4.78, 5) is 12.2. The van der Waals surface area contributed by atoms with Crippen LogP contribution in [0.1, 0.15) is 35.2 Å². The third kappa shape index (κ3) is 2.82. The van der Waals surface area contributed by atoms with Gasteiger partial charge in [0, 0.05) is 24.4 Å². The first kappa shape index (κ1) is 12.9. The van der Waals surface area contributed by atoms with Crippen molar-refractivity contribution >= 4 is 11.6 Å². The number of carbonyl (C=O) groups is 1. The number of rotatable bonds is 3. The van der Waals surface area contributed by atoms with Gasteiger partial charge in [-0.25, -0.2) is 0 Å². The van der Waals surface area contributed by atoms with Gasteiger partial charge in [0.15, 0.2) is 0 Å². The minimum absolute atomic E-state index is 0.0402. The van der Waals surface area contributed by atoms with Crippen LogP contribution in [-0.4, -0.2) is 25.2 Å². The van der Waals surface area contributed by atoms with E-state index in [1.54, 1.807) is 13.2 Å². The first-order chi connectivity index (χ1) is 8.60. The van der Waals surface area contributed by atoms with E-state index in [1.165, 1.54) is 0 Å². The highest BCUT2D eigenvalue weighted by atomic mass is 16.5. The van der Waals surface area contributed by atoms with Gasteiger partial charge in [0.25, 0.3) is 5.91 Å². The number of methoxy groups -OCH3 is 1. The zero-order valence-corrected chi connectivity index (χ0v) is 10.9. The lowest BCUT2D eigenvalue weighted by atomic mass is 10.1. The summed E-state index contributed by atoms with van der Waals surface area (Å²) < 4.78 is 5.30. The number of anilines is 1. The molecule has 0 aliphatic heterocycles. The fourth-order valence-corrected chi connectivity index (χ4v) is 2.43. The van der Waals surface area contributed by atoms with Crippen molar-refractivity contribution in [1.82, 2.24) is 5.32 Å². The molecule has 2 atom stereocenters. The maximum absolute atomic E-state index is 12.2. The molecule has 1 amide bonds. The average Bonchev–Trinajstić information content (AvgIpc) is 2.80. The smallest absolute Gasteiger partial charge is 0.251 e. The van der Waals surface area contributed by atoms with Crippen molar-refractivity contribution < 1.29 is 9.53 Å². The molecule has 2 unspecified atom stereocenters. The monoisotopic (exact) mass is 248 g/mol. The van der Waals surface area contributed by atoms with Crippen LogP contribution in [0.15, 0.2) is 18.2 Å². The van der Waals surface area contributed by atoms with Crippen molar-refractivity contribution in [2.75, 3.05) is 12.8 Å². The zero-order chi connectivity index (χ0) is 13.1. The Bertz CT molecular complexity index is 445. The summed E-state index contributed by atoms with van der Waals surface area (Å²) >= 11 is 0. The minimum atomic E-state index is -0.0402. The van der Waals surface area contributed by atoms with Crippen LogP contribution in [0, 0.1) is 6.92 Å². The molecule has 1 aliphatic carbocycles. The van der Waals surface area contributed by atoms with Crippen molar-refractivity contribution in [3.8, 4) is 0 Å². The second-order valence-electron chi connectivity index (χ2n) is 4.92. The van der Waals surface area contributed by atoms with Gasteiger partial charge in [0.2, 0.25) is 0 Å². The van der Waals surface area contributed by atoms with E-state index in [4.69, 9.17) is 10.5 Å². The molecule has 1 fully saturated rings. The summed E-state index contributed by atoms with van der Waals surface area (Å²) in [6.45, 7) is 1.92. The normalized spacial score (nSPS) is 23.0. The Kier molecular flexibility index (Phi) is 3.87. The Hall–Kier alpha value is -1.55. The van der Waals surface area contributed by atoms with Gasteiger partial charge in [0.05, 0.1) is 6.10 Å². The summed E-state index contributed by atoms with van der Waals surface area (Å²) in [5.41, 5.74) is 7.94. The van der Waals surface area contributed by atoms with Crippen LogP contribution in [0.3, 0.4) is 0 Å². The minimum Gasteiger partial charge on any atom is -0.399 e. The number of benzene rings is 1. The molecule has 3 N–H and O–H groups in total. The van der Waals surface area contributed by atoms with E-state index < -0.39 is 0 Å². The molecule has 0 bridgehead atoms. The standard InChI is InChI=1S/C14H20N2O2/c1-9-3-4-10(15)7-13(9)14(17)16-11-5-6-12(8-11)18-2/h3-4,7,11-12H,5-6,8,15H2,1-2H3,(H,16,17). The average molecular weight is 248 g/mol. The molecule has 1 aromatic rings. The molecule has 0 aromatic heterocycles. The van der Waals surface area contributed by atoms with Crippen LogP contribution >= 0.6 is 0 Å². The van der Waals surface area contributed by atoms with Crippen molar-refractivity contribution in [1.29, 1.82) is 0 Å². The lowest BCUT2D eigenvalue weighted by Gasteiger charge is -2.14. The van der Waals surface area contributed by atoms with Crippen LogP contribution in [0.5, 0.6) is 0 Å². The van der Waals surface area contributed by atoms with Gasteiger partial charge in [0.1, 0.15) is 0 Å². The van der Waals surface area contributed by atoms with Crippen LogP contribution in [0.25, 0.3) is 0 Å². The SMILES string of the molecule is COC1CCC(NC(=O)c2cc(N)ccc2C)C1. The van der Waals surface area contributed by atoms with Crippen LogP contribution in [0.4, 0.5) is 5.69 Å². The Morgan fingerprint density at radius 1 is 1.44 bits per heavy atom. The first-order valence-electron chi connectivity index (χ1n) is 6.30. The van der Waals surface area contributed by atoms with Crippen molar-refractivity contribution in [3.05, 3.63) is 29.3 Å². The van der Waals surface area contributed by atoms with Crippen LogP contribution < -0.4 is 11.1 Å². The molecule has 0 heterocycles. The summed E-state index contributed by atoms with van der Waals surface area (Å²) in [6, 6.07) is 5.62. The molecule has 1 aliphatic rings. The zero-order valence-electron chi connectivity index (χ0n) is 10.9. The lowest BCUT2D eigenvalue weighted by Crippen LogP contribution is -2.33. The number of aryl methyl sites for hydroxylation is 1. The number of carbonyl (C=O) groups excluding carboxylic acids is 1. The molecule has 2 rings (SSSR count). The summed E-state index contributed by atoms with van der Waals surface area (Å²) in [5.74, 6) is -0.0402. The summed E-state index contributed by atoms with van der Waals surface area (Å²) in [6.07, 6.45) is 3.16. The van der Waals surface area contributed by atoms with Gasteiger partial charge in [-0.3, -0.25) is 4.79 Å². The number of ether oxygens (including phenoxy) is 1.